The predicted octanol–water partition coefficient (Wildman–Crippen LogP) is 21.9. The van der Waals surface area contributed by atoms with Crippen molar-refractivity contribution in [1.29, 1.82) is 0 Å². The highest BCUT2D eigenvalue weighted by Gasteiger charge is 2.22. The van der Waals surface area contributed by atoms with Crippen LogP contribution >= 0.6 is 7.82 Å². The third kappa shape index (κ3) is 65.6. The summed E-state index contributed by atoms with van der Waals surface area (Å²) in [5.74, 6) is -0.810. The molecule has 0 heterocycles. The number of quaternary nitrogens is 1. The van der Waals surface area contributed by atoms with Crippen molar-refractivity contribution in [1.82, 2.24) is 0 Å². The first-order valence-electron chi connectivity index (χ1n) is 35.0. The number of hydrogen-bond donors (Lipinski definition) is 0. The van der Waals surface area contributed by atoms with Crippen LogP contribution in [0.5, 0.6) is 0 Å². The fourth-order valence-corrected chi connectivity index (χ4v) is 11.3. The molecule has 0 saturated heterocycles. The van der Waals surface area contributed by atoms with Gasteiger partial charge in [0.05, 0.1) is 27.7 Å². The lowest BCUT2D eigenvalue weighted by Crippen LogP contribution is -2.37. The lowest BCUT2D eigenvalue weighted by molar-refractivity contribution is -0.870. The number of esters is 2. The van der Waals surface area contributed by atoms with Gasteiger partial charge >= 0.3 is 11.9 Å². The Labute approximate surface area is 498 Å². The summed E-state index contributed by atoms with van der Waals surface area (Å²) in [5, 5.41) is 0. The standard InChI is InChI=1S/C70H136NO8P/c1-6-8-10-12-14-16-18-20-22-23-24-25-26-27-28-29-30-31-32-33-34-35-36-37-38-39-40-41-42-43-44-45-46-47-49-51-53-55-57-59-61-63-70(73)79-68(67-78-80(74,75)77-65-64-71(3,4)5)66-76-69(72)62-60-58-56-54-52-50-48-21-19-17-15-13-11-9-7-2/h18,20,23-24,68H,6-17,19,21-22,25-67H2,1-5H3/b20-18-,24-23-. The lowest BCUT2D eigenvalue weighted by atomic mass is 10.0. The van der Waals surface area contributed by atoms with E-state index in [4.69, 9.17) is 18.5 Å². The maximum atomic E-state index is 12.8. The smallest absolute Gasteiger partial charge is 0.306 e. The Kier molecular flexibility index (Phi) is 60.9. The Bertz CT molecular complexity index is 1400. The fraction of sp³-hybridized carbons (Fsp3) is 0.914. The van der Waals surface area contributed by atoms with Gasteiger partial charge in [-0.1, -0.05) is 327 Å². The van der Waals surface area contributed by atoms with Crippen molar-refractivity contribution in [3.63, 3.8) is 0 Å². The summed E-state index contributed by atoms with van der Waals surface area (Å²) in [4.78, 5) is 37.9. The highest BCUT2D eigenvalue weighted by molar-refractivity contribution is 7.45. The molecule has 0 aliphatic heterocycles. The van der Waals surface area contributed by atoms with Crippen LogP contribution in [0.25, 0.3) is 0 Å². The molecule has 0 amide bonds. The Morgan fingerprint density at radius 2 is 0.675 bits per heavy atom. The van der Waals surface area contributed by atoms with Gasteiger partial charge in [0.15, 0.2) is 6.10 Å². The molecule has 0 aromatic carbocycles. The minimum Gasteiger partial charge on any atom is -0.756 e. The molecule has 9 nitrogen and oxygen atoms in total. The van der Waals surface area contributed by atoms with Gasteiger partial charge in [0.1, 0.15) is 19.8 Å². The minimum absolute atomic E-state index is 0.0262. The summed E-state index contributed by atoms with van der Waals surface area (Å²) in [6, 6.07) is 0. The second-order valence-corrected chi connectivity index (χ2v) is 26.7. The van der Waals surface area contributed by atoms with Gasteiger partial charge < -0.3 is 27.9 Å². The zero-order valence-electron chi connectivity index (χ0n) is 54.1. The van der Waals surface area contributed by atoms with E-state index in [2.05, 4.69) is 38.2 Å². The van der Waals surface area contributed by atoms with Gasteiger partial charge in [0, 0.05) is 12.8 Å². The number of ether oxygens (including phenoxy) is 2. The third-order valence-electron chi connectivity index (χ3n) is 16.0. The molecule has 2 unspecified atom stereocenters. The summed E-state index contributed by atoms with van der Waals surface area (Å²) < 4.78 is 34.2. The Morgan fingerprint density at radius 1 is 0.388 bits per heavy atom. The molecule has 0 fully saturated rings. The van der Waals surface area contributed by atoms with Crippen molar-refractivity contribution >= 4 is 19.8 Å². The normalized spacial score (nSPS) is 13.2. The number of unbranched alkanes of at least 4 members (excludes halogenated alkanes) is 48. The maximum absolute atomic E-state index is 12.8. The molecule has 0 bridgehead atoms. The number of carbonyl (C=O) groups is 2. The monoisotopic (exact) mass is 1150 g/mol. The lowest BCUT2D eigenvalue weighted by Gasteiger charge is -2.28. The van der Waals surface area contributed by atoms with Crippen molar-refractivity contribution < 1.29 is 42.1 Å². The Hall–Kier alpha value is -1.51. The van der Waals surface area contributed by atoms with Gasteiger partial charge in [-0.2, -0.15) is 0 Å². The molecular formula is C70H136NO8P. The molecule has 0 saturated carbocycles. The largest absolute Gasteiger partial charge is 0.756 e. The van der Waals surface area contributed by atoms with Crippen LogP contribution in [0.3, 0.4) is 0 Å². The van der Waals surface area contributed by atoms with Crippen LogP contribution in [0.2, 0.25) is 0 Å². The first kappa shape index (κ1) is 78.5. The van der Waals surface area contributed by atoms with Crippen molar-refractivity contribution in [2.75, 3.05) is 47.5 Å². The molecule has 2 atom stereocenters. The number of rotatable bonds is 66. The summed E-state index contributed by atoms with van der Waals surface area (Å²) in [6.07, 6.45) is 77.1. The van der Waals surface area contributed by atoms with Crippen LogP contribution in [0.15, 0.2) is 24.3 Å². The predicted molar refractivity (Wildman–Crippen MR) is 342 cm³/mol. The molecular weight excluding hydrogens is 1010 g/mol. The first-order chi connectivity index (χ1) is 39.0. The number of likely N-dealkylation sites (N-methyl/N-ethyl adjacent to an activating group) is 1. The Balaban J connectivity index is 3.83. The molecule has 0 spiro atoms. The van der Waals surface area contributed by atoms with Crippen LogP contribution in [0.4, 0.5) is 0 Å². The molecule has 474 valence electrons. The third-order valence-corrected chi connectivity index (χ3v) is 16.9. The van der Waals surface area contributed by atoms with Gasteiger partial charge in [-0.15, -0.1) is 0 Å². The zero-order chi connectivity index (χ0) is 58.4. The number of carbonyl (C=O) groups excluding carboxylic acids is 2. The fourth-order valence-electron chi connectivity index (χ4n) is 10.6. The van der Waals surface area contributed by atoms with Gasteiger partial charge in [-0.05, 0) is 44.9 Å². The topological polar surface area (TPSA) is 111 Å². The minimum atomic E-state index is -4.63. The summed E-state index contributed by atoms with van der Waals surface area (Å²) in [5.41, 5.74) is 0. The van der Waals surface area contributed by atoms with Gasteiger partial charge in [-0.3, -0.25) is 14.2 Å². The molecule has 0 rings (SSSR count). The average molecular weight is 1150 g/mol. The van der Waals surface area contributed by atoms with E-state index in [1.54, 1.807) is 0 Å². The number of phosphoric acid groups is 1. The molecule has 0 N–H and O–H groups in total. The van der Waals surface area contributed by atoms with Crippen LogP contribution < -0.4 is 4.89 Å². The molecule has 10 heteroatoms. The van der Waals surface area contributed by atoms with E-state index in [9.17, 15) is 19.0 Å². The summed E-state index contributed by atoms with van der Waals surface area (Å²) in [7, 11) is 1.19. The second kappa shape index (κ2) is 62.0. The SMILES string of the molecule is CCCCCCC/C=C\C/C=C\CCCCCCCCCCCCCCCCCCCCCCCCCCCCCCCC(=O)OC(COC(=O)CCCCCCCCCCCCCCCCC)COP(=O)([O-])OCC[N+](C)(C)C. The van der Waals surface area contributed by atoms with Crippen LogP contribution in [0.1, 0.15) is 361 Å². The van der Waals surface area contributed by atoms with E-state index in [0.29, 0.717) is 17.4 Å². The number of nitrogens with zero attached hydrogens (tertiary/aromatic N) is 1. The van der Waals surface area contributed by atoms with Gasteiger partial charge in [-0.25, -0.2) is 0 Å². The van der Waals surface area contributed by atoms with Crippen LogP contribution in [-0.4, -0.2) is 70.0 Å². The number of allylic oxidation sites excluding steroid dienone is 4. The number of phosphoric ester groups is 1. The van der Waals surface area contributed by atoms with Crippen molar-refractivity contribution in [3.05, 3.63) is 24.3 Å². The molecule has 0 aliphatic carbocycles. The summed E-state index contributed by atoms with van der Waals surface area (Å²) >= 11 is 0. The van der Waals surface area contributed by atoms with E-state index in [-0.39, 0.29) is 32.0 Å². The van der Waals surface area contributed by atoms with Gasteiger partial charge in [0.25, 0.3) is 7.82 Å². The highest BCUT2D eigenvalue weighted by atomic mass is 31.2. The highest BCUT2D eigenvalue weighted by Crippen LogP contribution is 2.38. The molecule has 0 aromatic rings. The Morgan fingerprint density at radius 3 is 0.988 bits per heavy atom. The summed E-state index contributed by atoms with van der Waals surface area (Å²) in [6.45, 7) is 4.29. The van der Waals surface area contributed by atoms with Crippen molar-refractivity contribution in [2.24, 2.45) is 0 Å². The quantitative estimate of drug-likeness (QED) is 0.0195. The van der Waals surface area contributed by atoms with Crippen LogP contribution in [0, 0.1) is 0 Å². The second-order valence-electron chi connectivity index (χ2n) is 25.3. The van der Waals surface area contributed by atoms with E-state index >= 15 is 0 Å². The molecule has 0 radical (unpaired) electrons. The van der Waals surface area contributed by atoms with E-state index in [1.807, 2.05) is 21.1 Å². The zero-order valence-corrected chi connectivity index (χ0v) is 55.0. The van der Waals surface area contributed by atoms with E-state index in [1.165, 1.54) is 289 Å². The maximum Gasteiger partial charge on any atom is 0.306 e. The molecule has 80 heavy (non-hydrogen) atoms. The molecule has 0 aliphatic rings. The average Bonchev–Trinajstić information content (AvgIpc) is 3.42. The van der Waals surface area contributed by atoms with Crippen molar-refractivity contribution in [2.45, 2.75) is 367 Å². The van der Waals surface area contributed by atoms with E-state index in [0.717, 1.165) is 38.5 Å². The molecule has 0 aromatic heterocycles. The van der Waals surface area contributed by atoms with Crippen LogP contribution in [-0.2, 0) is 32.7 Å². The first-order valence-corrected chi connectivity index (χ1v) is 36.5. The number of hydrogen-bond acceptors (Lipinski definition) is 8. The van der Waals surface area contributed by atoms with Crippen molar-refractivity contribution in [3.8, 4) is 0 Å². The van der Waals surface area contributed by atoms with Gasteiger partial charge in [0.2, 0.25) is 0 Å². The van der Waals surface area contributed by atoms with E-state index < -0.39 is 26.5 Å².